The van der Waals surface area contributed by atoms with Crippen LogP contribution in [0.25, 0.3) is 0 Å². The van der Waals surface area contributed by atoms with Gasteiger partial charge in [0.15, 0.2) is 0 Å². The number of carbonyl (C=O) groups is 2. The van der Waals surface area contributed by atoms with Crippen LogP contribution in [0.1, 0.15) is 43.4 Å². The van der Waals surface area contributed by atoms with E-state index < -0.39 is 5.54 Å². The van der Waals surface area contributed by atoms with Crippen molar-refractivity contribution in [2.45, 2.75) is 50.7 Å². The Kier molecular flexibility index (Phi) is 4.18. The van der Waals surface area contributed by atoms with Crippen molar-refractivity contribution in [1.29, 1.82) is 0 Å². The molecule has 1 aliphatic heterocycles. The number of benzene rings is 1. The highest BCUT2D eigenvalue weighted by molar-refractivity contribution is 6.07. The van der Waals surface area contributed by atoms with Gasteiger partial charge >= 0.3 is 6.03 Å². The van der Waals surface area contributed by atoms with Crippen LogP contribution in [-0.4, -0.2) is 37.4 Å². The van der Waals surface area contributed by atoms with Gasteiger partial charge in [-0.05, 0) is 30.5 Å². The minimum Gasteiger partial charge on any atom is -0.323 e. The fourth-order valence-corrected chi connectivity index (χ4v) is 3.74. The molecule has 0 bridgehead atoms. The smallest absolute Gasteiger partial charge is 0.323 e. The van der Waals surface area contributed by atoms with E-state index in [9.17, 15) is 14.0 Å². The molecule has 1 N–H and O–H groups in total. The lowest BCUT2D eigenvalue weighted by atomic mass is 9.82. The van der Waals surface area contributed by atoms with Gasteiger partial charge in [0, 0.05) is 0 Å². The number of imide groups is 1. The number of rotatable bonds is 4. The summed E-state index contributed by atoms with van der Waals surface area (Å²) < 4.78 is 14.6. The Morgan fingerprint density at radius 2 is 1.81 bits per heavy atom. The summed E-state index contributed by atoms with van der Waals surface area (Å²) in [5.74, 6) is -0.446. The van der Waals surface area contributed by atoms with Crippen LogP contribution in [0.15, 0.2) is 30.5 Å². The van der Waals surface area contributed by atoms with Crippen LogP contribution in [-0.2, 0) is 17.9 Å². The Morgan fingerprint density at radius 3 is 2.54 bits per heavy atom. The van der Waals surface area contributed by atoms with Gasteiger partial charge in [-0.15, -0.1) is 5.10 Å². The Balaban J connectivity index is 1.44. The second-order valence-electron chi connectivity index (χ2n) is 7.00. The van der Waals surface area contributed by atoms with E-state index in [1.807, 2.05) is 0 Å². The molecule has 2 fully saturated rings. The van der Waals surface area contributed by atoms with Crippen LogP contribution in [0.2, 0.25) is 0 Å². The molecule has 1 saturated carbocycles. The first kappa shape index (κ1) is 16.7. The molecule has 3 amide bonds. The predicted molar refractivity (Wildman–Crippen MR) is 90.4 cm³/mol. The first-order valence-electron chi connectivity index (χ1n) is 8.83. The number of nitrogens with zero attached hydrogens (tertiary/aromatic N) is 4. The summed E-state index contributed by atoms with van der Waals surface area (Å²) in [7, 11) is 0. The summed E-state index contributed by atoms with van der Waals surface area (Å²) in [6.45, 7) is 0.549. The number of nitrogens with one attached hydrogen (secondary N) is 1. The van der Waals surface area contributed by atoms with E-state index >= 15 is 0 Å². The van der Waals surface area contributed by atoms with Crippen LogP contribution in [0.4, 0.5) is 9.18 Å². The van der Waals surface area contributed by atoms with Gasteiger partial charge in [-0.25, -0.2) is 13.9 Å². The Morgan fingerprint density at radius 1 is 1.08 bits per heavy atom. The zero-order valence-electron chi connectivity index (χ0n) is 14.3. The van der Waals surface area contributed by atoms with Crippen LogP contribution in [0.3, 0.4) is 0 Å². The molecule has 7 nitrogen and oxygen atoms in total. The van der Waals surface area contributed by atoms with Crippen molar-refractivity contribution in [3.05, 3.63) is 47.5 Å². The normalized spacial score (nSPS) is 19.2. The van der Waals surface area contributed by atoms with E-state index in [4.69, 9.17) is 0 Å². The second-order valence-corrected chi connectivity index (χ2v) is 7.00. The summed E-state index contributed by atoms with van der Waals surface area (Å²) in [6.07, 6.45) is 6.11. The summed E-state index contributed by atoms with van der Waals surface area (Å²) in [4.78, 5) is 26.3. The predicted octanol–water partition coefficient (Wildman–Crippen LogP) is 2.22. The maximum absolute atomic E-state index is 13.0. The van der Waals surface area contributed by atoms with Crippen molar-refractivity contribution >= 4 is 11.9 Å². The van der Waals surface area contributed by atoms with Crippen molar-refractivity contribution < 1.29 is 14.0 Å². The minimum absolute atomic E-state index is 0.107. The van der Waals surface area contributed by atoms with Gasteiger partial charge in [-0.2, -0.15) is 0 Å². The summed E-state index contributed by atoms with van der Waals surface area (Å²) >= 11 is 0. The monoisotopic (exact) mass is 357 g/mol. The SMILES string of the molecule is O=C1NC2(CCCCC2)C(=O)N1Cc1cn(Cc2ccc(F)cc2)nn1. The number of aromatic nitrogens is 3. The molecule has 0 radical (unpaired) electrons. The number of hydrogen-bond acceptors (Lipinski definition) is 4. The Labute approximate surface area is 150 Å². The lowest BCUT2D eigenvalue weighted by Gasteiger charge is -2.30. The fraction of sp³-hybridized carbons (Fsp3) is 0.444. The van der Waals surface area contributed by atoms with Gasteiger partial charge in [0.1, 0.15) is 17.1 Å². The molecule has 26 heavy (non-hydrogen) atoms. The maximum Gasteiger partial charge on any atom is 0.325 e. The molecule has 1 aliphatic carbocycles. The largest absolute Gasteiger partial charge is 0.325 e. The van der Waals surface area contributed by atoms with Gasteiger partial charge in [-0.1, -0.05) is 36.6 Å². The molecular formula is C18H20FN5O2. The van der Waals surface area contributed by atoms with E-state index in [2.05, 4.69) is 15.6 Å². The van der Waals surface area contributed by atoms with Crippen molar-refractivity contribution in [3.8, 4) is 0 Å². The number of carbonyl (C=O) groups excluding carboxylic acids is 2. The molecule has 0 unspecified atom stereocenters. The summed E-state index contributed by atoms with van der Waals surface area (Å²) in [6, 6.07) is 5.79. The standard InChI is InChI=1S/C18H20FN5O2/c19-14-6-4-13(5-7-14)10-23-11-15(21-22-23)12-24-16(25)18(20-17(24)26)8-2-1-3-9-18/h4-7,11H,1-3,8-10,12H2,(H,20,26). The number of halogens is 1. The second kappa shape index (κ2) is 6.51. The molecule has 2 aromatic rings. The first-order chi connectivity index (χ1) is 12.6. The summed E-state index contributed by atoms with van der Waals surface area (Å²) in [5, 5.41) is 11.0. The topological polar surface area (TPSA) is 80.1 Å². The van der Waals surface area contributed by atoms with Gasteiger partial charge in [0.25, 0.3) is 5.91 Å². The highest BCUT2D eigenvalue weighted by Crippen LogP contribution is 2.34. The molecule has 0 atom stereocenters. The molecule has 2 heterocycles. The molecule has 1 saturated heterocycles. The average molecular weight is 357 g/mol. The van der Waals surface area contributed by atoms with Crippen LogP contribution >= 0.6 is 0 Å². The average Bonchev–Trinajstić information content (AvgIpc) is 3.16. The van der Waals surface area contributed by atoms with Gasteiger partial charge in [-0.3, -0.25) is 9.69 Å². The Hall–Kier alpha value is -2.77. The zero-order chi connectivity index (χ0) is 18.1. The van der Waals surface area contributed by atoms with Crippen molar-refractivity contribution in [1.82, 2.24) is 25.2 Å². The third kappa shape index (κ3) is 3.07. The maximum atomic E-state index is 13.0. The minimum atomic E-state index is -0.723. The highest BCUT2D eigenvalue weighted by Gasteiger charge is 2.51. The van der Waals surface area contributed by atoms with Gasteiger partial charge in [0.05, 0.1) is 19.3 Å². The number of hydrogen-bond donors (Lipinski definition) is 1. The van der Waals surface area contributed by atoms with E-state index in [1.165, 1.54) is 17.0 Å². The quantitative estimate of drug-likeness (QED) is 0.851. The Bertz CT molecular complexity index is 826. The lowest BCUT2D eigenvalue weighted by Crippen LogP contribution is -2.48. The molecule has 1 aromatic heterocycles. The van der Waals surface area contributed by atoms with Crippen LogP contribution < -0.4 is 5.32 Å². The van der Waals surface area contributed by atoms with Crippen molar-refractivity contribution in [2.75, 3.05) is 0 Å². The molecular weight excluding hydrogens is 337 g/mol. The van der Waals surface area contributed by atoms with Crippen molar-refractivity contribution in [2.24, 2.45) is 0 Å². The lowest BCUT2D eigenvalue weighted by molar-refractivity contribution is -0.132. The van der Waals surface area contributed by atoms with Gasteiger partial charge in [0.2, 0.25) is 0 Å². The number of urea groups is 1. The van der Waals surface area contributed by atoms with Crippen LogP contribution in [0.5, 0.6) is 0 Å². The van der Waals surface area contributed by atoms with E-state index in [0.29, 0.717) is 25.1 Å². The van der Waals surface area contributed by atoms with Gasteiger partial charge < -0.3 is 5.32 Å². The summed E-state index contributed by atoms with van der Waals surface area (Å²) in [5.41, 5.74) is 0.710. The molecule has 1 spiro atoms. The fourth-order valence-electron chi connectivity index (χ4n) is 3.74. The molecule has 2 aliphatic rings. The highest BCUT2D eigenvalue weighted by atomic mass is 19.1. The van der Waals surface area contributed by atoms with E-state index in [-0.39, 0.29) is 24.3 Å². The zero-order valence-corrected chi connectivity index (χ0v) is 14.3. The molecule has 1 aromatic carbocycles. The molecule has 8 heteroatoms. The van der Waals surface area contributed by atoms with Crippen LogP contribution in [0, 0.1) is 5.82 Å². The third-order valence-electron chi connectivity index (χ3n) is 5.12. The third-order valence-corrected chi connectivity index (χ3v) is 5.12. The first-order valence-corrected chi connectivity index (χ1v) is 8.83. The van der Waals surface area contributed by atoms with E-state index in [0.717, 1.165) is 24.8 Å². The van der Waals surface area contributed by atoms with E-state index in [1.54, 1.807) is 23.0 Å². The molecule has 4 rings (SSSR count). The molecule has 136 valence electrons. The number of amides is 3. The van der Waals surface area contributed by atoms with Crippen molar-refractivity contribution in [3.63, 3.8) is 0 Å².